The number of carbonyl (C=O) groups excluding carboxylic acids is 1. The summed E-state index contributed by atoms with van der Waals surface area (Å²) < 4.78 is 5.46. The molecule has 4 nitrogen and oxygen atoms in total. The molecular formula is C14H22N2O2. The molecule has 1 aromatic rings. The molecule has 2 rings (SSSR count). The van der Waals surface area contributed by atoms with Crippen LogP contribution in [0.2, 0.25) is 0 Å². The second-order valence-electron chi connectivity index (χ2n) is 4.23. The van der Waals surface area contributed by atoms with Crippen LogP contribution in [0.1, 0.15) is 13.0 Å². The Bertz CT molecular complexity index is 370. The van der Waals surface area contributed by atoms with Gasteiger partial charge in [0.15, 0.2) is 6.61 Å². The van der Waals surface area contributed by atoms with Gasteiger partial charge < -0.3 is 15.0 Å². The van der Waals surface area contributed by atoms with E-state index >= 15 is 0 Å². The molecule has 1 saturated heterocycles. The van der Waals surface area contributed by atoms with E-state index in [4.69, 9.17) is 4.74 Å². The lowest BCUT2D eigenvalue weighted by molar-refractivity contribution is -0.133. The van der Waals surface area contributed by atoms with Gasteiger partial charge in [-0.3, -0.25) is 4.79 Å². The van der Waals surface area contributed by atoms with Crippen LogP contribution >= 0.6 is 0 Å². The number of nitrogens with zero attached hydrogens (tertiary/aromatic N) is 1. The molecule has 18 heavy (non-hydrogen) atoms. The van der Waals surface area contributed by atoms with Crippen molar-refractivity contribution in [3.63, 3.8) is 0 Å². The maximum Gasteiger partial charge on any atom is 0.260 e. The first-order valence-electron chi connectivity index (χ1n) is 5.94. The predicted octanol–water partition coefficient (Wildman–Crippen LogP) is 1.44. The van der Waals surface area contributed by atoms with Crippen molar-refractivity contribution in [1.82, 2.24) is 10.2 Å². The van der Waals surface area contributed by atoms with Crippen LogP contribution < -0.4 is 10.1 Å². The van der Waals surface area contributed by atoms with E-state index < -0.39 is 0 Å². The lowest BCUT2D eigenvalue weighted by Crippen LogP contribution is -2.47. The minimum Gasteiger partial charge on any atom is -0.484 e. The van der Waals surface area contributed by atoms with Crippen molar-refractivity contribution >= 4 is 5.91 Å². The van der Waals surface area contributed by atoms with Gasteiger partial charge in [0.05, 0.1) is 0 Å². The van der Waals surface area contributed by atoms with Crippen molar-refractivity contribution in [2.24, 2.45) is 0 Å². The lowest BCUT2D eigenvalue weighted by Gasteiger charge is -2.27. The molecule has 0 radical (unpaired) electrons. The quantitative estimate of drug-likeness (QED) is 0.882. The molecule has 4 heteroatoms. The number of rotatable bonds is 3. The van der Waals surface area contributed by atoms with Gasteiger partial charge in [0.1, 0.15) is 5.75 Å². The van der Waals surface area contributed by atoms with Gasteiger partial charge in [-0.15, -0.1) is 0 Å². The summed E-state index contributed by atoms with van der Waals surface area (Å²) in [7, 11) is 0. The molecule has 0 spiro atoms. The van der Waals surface area contributed by atoms with Crippen molar-refractivity contribution in [2.45, 2.75) is 14.4 Å². The highest BCUT2D eigenvalue weighted by Crippen LogP contribution is 2.11. The van der Waals surface area contributed by atoms with Crippen LogP contribution in [0.3, 0.4) is 0 Å². The molecule has 1 fully saturated rings. The molecule has 0 saturated carbocycles. The molecule has 100 valence electrons. The lowest BCUT2D eigenvalue weighted by atomic mass is 10.2. The summed E-state index contributed by atoms with van der Waals surface area (Å²) in [6.45, 7) is 5.44. The summed E-state index contributed by atoms with van der Waals surface area (Å²) >= 11 is 0. The first-order chi connectivity index (χ1) is 8.25. The number of nitrogens with one attached hydrogen (secondary N) is 1. The van der Waals surface area contributed by atoms with Crippen LogP contribution in [0.25, 0.3) is 0 Å². The van der Waals surface area contributed by atoms with Crippen LogP contribution in [0, 0.1) is 6.92 Å². The topological polar surface area (TPSA) is 41.6 Å². The van der Waals surface area contributed by atoms with E-state index in [1.54, 1.807) is 0 Å². The van der Waals surface area contributed by atoms with Crippen LogP contribution in [-0.2, 0) is 4.79 Å². The SMILES string of the molecule is C.Cc1ccc(OCC(=O)N2CCNCC2)cc1. The summed E-state index contributed by atoms with van der Waals surface area (Å²) in [6.07, 6.45) is 0. The minimum absolute atomic E-state index is 0. The number of hydrogen-bond acceptors (Lipinski definition) is 3. The molecule has 1 aromatic carbocycles. The van der Waals surface area contributed by atoms with Gasteiger partial charge in [0, 0.05) is 26.2 Å². The second kappa shape index (κ2) is 7.01. The third kappa shape index (κ3) is 4.04. The molecule has 0 aliphatic carbocycles. The zero-order valence-corrected chi connectivity index (χ0v) is 10.1. The smallest absolute Gasteiger partial charge is 0.260 e. The highest BCUT2D eigenvalue weighted by atomic mass is 16.5. The average molecular weight is 250 g/mol. The number of benzene rings is 1. The Morgan fingerprint density at radius 3 is 2.50 bits per heavy atom. The standard InChI is InChI=1S/C13H18N2O2.CH4/c1-11-2-4-12(5-3-11)17-10-13(16)15-8-6-14-7-9-15;/h2-5,14H,6-10H2,1H3;1H4. The van der Waals surface area contributed by atoms with Gasteiger partial charge in [0.2, 0.25) is 0 Å². The van der Waals surface area contributed by atoms with E-state index in [9.17, 15) is 4.79 Å². The number of hydrogen-bond donors (Lipinski definition) is 1. The Labute approximate surface area is 109 Å². The Morgan fingerprint density at radius 1 is 1.28 bits per heavy atom. The van der Waals surface area contributed by atoms with Crippen molar-refractivity contribution in [2.75, 3.05) is 32.8 Å². The van der Waals surface area contributed by atoms with E-state index in [2.05, 4.69) is 5.32 Å². The first kappa shape index (κ1) is 14.5. The van der Waals surface area contributed by atoms with Gasteiger partial charge in [-0.25, -0.2) is 0 Å². The van der Waals surface area contributed by atoms with Crippen molar-refractivity contribution < 1.29 is 9.53 Å². The molecule has 0 bridgehead atoms. The number of amides is 1. The number of piperazine rings is 1. The first-order valence-corrected chi connectivity index (χ1v) is 5.94. The van der Waals surface area contributed by atoms with Gasteiger partial charge in [-0.2, -0.15) is 0 Å². The van der Waals surface area contributed by atoms with E-state index in [0.29, 0.717) is 0 Å². The molecule has 1 amide bonds. The van der Waals surface area contributed by atoms with Crippen molar-refractivity contribution in [3.05, 3.63) is 29.8 Å². The van der Waals surface area contributed by atoms with Crippen LogP contribution in [-0.4, -0.2) is 43.6 Å². The highest BCUT2D eigenvalue weighted by Gasteiger charge is 2.16. The average Bonchev–Trinajstić information content (AvgIpc) is 2.39. The van der Waals surface area contributed by atoms with E-state index in [1.165, 1.54) is 5.56 Å². The van der Waals surface area contributed by atoms with E-state index in [0.717, 1.165) is 31.9 Å². The Hall–Kier alpha value is -1.55. The van der Waals surface area contributed by atoms with Gasteiger partial charge in [-0.1, -0.05) is 25.1 Å². The molecular weight excluding hydrogens is 228 g/mol. The number of carbonyl (C=O) groups is 1. The monoisotopic (exact) mass is 250 g/mol. The molecule has 0 unspecified atom stereocenters. The molecule has 0 aromatic heterocycles. The van der Waals surface area contributed by atoms with Crippen LogP contribution in [0.5, 0.6) is 5.75 Å². The molecule has 1 heterocycles. The summed E-state index contributed by atoms with van der Waals surface area (Å²) in [5, 5.41) is 3.21. The van der Waals surface area contributed by atoms with E-state index in [-0.39, 0.29) is 19.9 Å². The Morgan fingerprint density at radius 2 is 1.89 bits per heavy atom. The van der Waals surface area contributed by atoms with Gasteiger partial charge in [0.25, 0.3) is 5.91 Å². The summed E-state index contributed by atoms with van der Waals surface area (Å²) in [5.74, 6) is 0.811. The van der Waals surface area contributed by atoms with E-state index in [1.807, 2.05) is 36.1 Å². The van der Waals surface area contributed by atoms with Crippen molar-refractivity contribution in [3.8, 4) is 5.75 Å². The molecule has 1 aliphatic rings. The fraction of sp³-hybridized carbons (Fsp3) is 0.500. The van der Waals surface area contributed by atoms with Crippen LogP contribution in [0.15, 0.2) is 24.3 Å². The zero-order chi connectivity index (χ0) is 12.1. The Balaban J connectivity index is 0.00000162. The van der Waals surface area contributed by atoms with Gasteiger partial charge in [-0.05, 0) is 19.1 Å². The maximum absolute atomic E-state index is 11.8. The minimum atomic E-state index is 0. The third-order valence-electron chi connectivity index (χ3n) is 2.85. The van der Waals surface area contributed by atoms with Gasteiger partial charge >= 0.3 is 0 Å². The number of aryl methyl sites for hydroxylation is 1. The summed E-state index contributed by atoms with van der Waals surface area (Å²) in [6, 6.07) is 7.73. The zero-order valence-electron chi connectivity index (χ0n) is 10.1. The van der Waals surface area contributed by atoms with Crippen molar-refractivity contribution in [1.29, 1.82) is 0 Å². The maximum atomic E-state index is 11.8. The molecule has 1 N–H and O–H groups in total. The number of ether oxygens (including phenoxy) is 1. The Kier molecular flexibility index (Phi) is 5.65. The summed E-state index contributed by atoms with van der Waals surface area (Å²) in [4.78, 5) is 13.6. The molecule has 0 atom stereocenters. The fourth-order valence-electron chi connectivity index (χ4n) is 1.79. The van der Waals surface area contributed by atoms with Crippen LogP contribution in [0.4, 0.5) is 0 Å². The predicted molar refractivity (Wildman–Crippen MR) is 72.9 cm³/mol. The fourth-order valence-corrected chi connectivity index (χ4v) is 1.79. The second-order valence-corrected chi connectivity index (χ2v) is 4.23. The third-order valence-corrected chi connectivity index (χ3v) is 2.85. The summed E-state index contributed by atoms with van der Waals surface area (Å²) in [5.41, 5.74) is 1.19. The largest absolute Gasteiger partial charge is 0.484 e. The normalized spacial score (nSPS) is 14.8. The highest BCUT2D eigenvalue weighted by molar-refractivity contribution is 5.77. The molecule has 1 aliphatic heterocycles.